The first-order valence-corrected chi connectivity index (χ1v) is 23.8. The summed E-state index contributed by atoms with van der Waals surface area (Å²) in [5.41, 5.74) is 0. The van der Waals surface area contributed by atoms with Gasteiger partial charge in [0.15, 0.2) is 6.10 Å². The molecule has 1 N–H and O–H groups in total. The van der Waals surface area contributed by atoms with Gasteiger partial charge in [-0.05, 0) is 83.5 Å². The van der Waals surface area contributed by atoms with Crippen LogP contribution in [0.5, 0.6) is 0 Å². The standard InChI is InChI=1S/C48H82NO8P/c1-6-8-10-12-14-16-18-20-22-24-26-28-30-32-34-36-38-40-47(50)54-44-46(45-56-58(52,53)55-43-42-49(3,4)5)57-48(51)41-39-37-35-33-31-29-27-25-23-21-19-17-15-13-11-9-7-2/h11,13,17,19-20,22-23,25-26,28-29,31-32,34,46H,6-10,12,14-16,18,21,24,27,30,33,35-45H2,1-5H3/p+1/b13-11+,19-17+,22-20+,25-23+,28-26+,31-29+,34-32+/t46-/m1/s1. The zero-order valence-corrected chi connectivity index (χ0v) is 38.1. The molecule has 0 spiro atoms. The van der Waals surface area contributed by atoms with Crippen LogP contribution in [0.2, 0.25) is 0 Å². The Labute approximate surface area is 354 Å². The lowest BCUT2D eigenvalue weighted by atomic mass is 10.1. The van der Waals surface area contributed by atoms with Gasteiger partial charge in [-0.2, -0.15) is 0 Å². The molecule has 9 nitrogen and oxygen atoms in total. The number of unbranched alkanes of at least 4 members (excludes halogenated alkanes) is 11. The highest BCUT2D eigenvalue weighted by Crippen LogP contribution is 2.43. The molecule has 0 aromatic rings. The Hall–Kier alpha value is -2.81. The van der Waals surface area contributed by atoms with Crippen LogP contribution in [-0.4, -0.2) is 74.9 Å². The molecule has 0 heterocycles. The average Bonchev–Trinajstić information content (AvgIpc) is 3.17. The summed E-state index contributed by atoms with van der Waals surface area (Å²) < 4.78 is 34.2. The van der Waals surface area contributed by atoms with Crippen LogP contribution in [0.15, 0.2) is 85.1 Å². The molecule has 0 radical (unpaired) electrons. The molecule has 0 aliphatic rings. The number of hydrogen-bond acceptors (Lipinski definition) is 7. The number of allylic oxidation sites excluding steroid dienone is 14. The molecule has 0 saturated heterocycles. The second kappa shape index (κ2) is 39.6. The monoisotopic (exact) mass is 833 g/mol. The van der Waals surface area contributed by atoms with E-state index >= 15 is 0 Å². The number of hydrogen-bond donors (Lipinski definition) is 1. The highest BCUT2D eigenvalue weighted by atomic mass is 31.2. The van der Waals surface area contributed by atoms with E-state index in [0.29, 0.717) is 23.9 Å². The number of ether oxygens (including phenoxy) is 2. The molecule has 2 atom stereocenters. The largest absolute Gasteiger partial charge is 0.472 e. The maximum atomic E-state index is 12.7. The van der Waals surface area contributed by atoms with E-state index in [4.69, 9.17) is 18.5 Å². The summed E-state index contributed by atoms with van der Waals surface area (Å²) in [5.74, 6) is -0.905. The number of carbonyl (C=O) groups excluding carboxylic acids is 2. The molecule has 0 aliphatic heterocycles. The molecule has 332 valence electrons. The van der Waals surface area contributed by atoms with Gasteiger partial charge in [0, 0.05) is 12.8 Å². The third kappa shape index (κ3) is 42.8. The van der Waals surface area contributed by atoms with Gasteiger partial charge in [0.05, 0.1) is 27.7 Å². The van der Waals surface area contributed by atoms with Crippen molar-refractivity contribution < 1.29 is 42.1 Å². The van der Waals surface area contributed by atoms with E-state index in [1.165, 1.54) is 44.9 Å². The number of carbonyl (C=O) groups is 2. The summed E-state index contributed by atoms with van der Waals surface area (Å²) in [4.78, 5) is 35.4. The first-order valence-electron chi connectivity index (χ1n) is 22.3. The Bertz CT molecular complexity index is 1260. The van der Waals surface area contributed by atoms with E-state index in [1.54, 1.807) is 0 Å². The fourth-order valence-electron chi connectivity index (χ4n) is 5.37. The number of quaternary nitrogens is 1. The van der Waals surface area contributed by atoms with Gasteiger partial charge < -0.3 is 18.9 Å². The summed E-state index contributed by atoms with van der Waals surface area (Å²) in [6.45, 7) is 4.23. The van der Waals surface area contributed by atoms with Gasteiger partial charge in [-0.1, -0.05) is 144 Å². The van der Waals surface area contributed by atoms with Gasteiger partial charge in [0.25, 0.3) is 0 Å². The summed E-state index contributed by atoms with van der Waals surface area (Å²) in [6, 6.07) is 0. The molecule has 10 heteroatoms. The second-order valence-corrected chi connectivity index (χ2v) is 17.2. The lowest BCUT2D eigenvalue weighted by Gasteiger charge is -2.24. The molecule has 0 saturated carbocycles. The number of phosphoric ester groups is 1. The van der Waals surface area contributed by atoms with E-state index < -0.39 is 32.5 Å². The van der Waals surface area contributed by atoms with E-state index in [2.05, 4.69) is 98.9 Å². The molecule has 0 rings (SSSR count). The predicted molar refractivity (Wildman–Crippen MR) is 242 cm³/mol. The van der Waals surface area contributed by atoms with Gasteiger partial charge in [-0.15, -0.1) is 0 Å². The third-order valence-corrected chi connectivity index (χ3v) is 9.86. The lowest BCUT2D eigenvalue weighted by molar-refractivity contribution is -0.870. The highest BCUT2D eigenvalue weighted by Gasteiger charge is 2.27. The fourth-order valence-corrected chi connectivity index (χ4v) is 6.11. The van der Waals surface area contributed by atoms with E-state index in [1.807, 2.05) is 21.1 Å². The Morgan fingerprint density at radius 3 is 1.50 bits per heavy atom. The molecular weight excluding hydrogens is 750 g/mol. The van der Waals surface area contributed by atoms with Crippen molar-refractivity contribution in [2.24, 2.45) is 0 Å². The Kier molecular flexibility index (Phi) is 37.7. The summed E-state index contributed by atoms with van der Waals surface area (Å²) in [7, 11) is 1.41. The maximum Gasteiger partial charge on any atom is 0.472 e. The summed E-state index contributed by atoms with van der Waals surface area (Å²) in [5, 5.41) is 0. The molecule has 1 unspecified atom stereocenters. The van der Waals surface area contributed by atoms with Crippen molar-refractivity contribution in [3.63, 3.8) is 0 Å². The summed E-state index contributed by atoms with van der Waals surface area (Å²) >= 11 is 0. The average molecular weight is 833 g/mol. The van der Waals surface area contributed by atoms with Crippen molar-refractivity contribution in [2.45, 2.75) is 161 Å². The van der Waals surface area contributed by atoms with Gasteiger partial charge in [-0.3, -0.25) is 18.6 Å². The topological polar surface area (TPSA) is 108 Å². The van der Waals surface area contributed by atoms with Crippen molar-refractivity contribution in [2.75, 3.05) is 47.5 Å². The molecule has 58 heavy (non-hydrogen) atoms. The quantitative estimate of drug-likeness (QED) is 0.0214. The van der Waals surface area contributed by atoms with Gasteiger partial charge in [0.2, 0.25) is 0 Å². The SMILES string of the molecule is CCC/C=C/C/C=C/C/C=C/C/C=C/CCCCCC(=O)O[C@H](COC(=O)CCC/C=C/C/C=C/C/C=C/CCCCCCCC)COP(=O)(O)OCC[N+](C)(C)C. The predicted octanol–water partition coefficient (Wildman–Crippen LogP) is 12.8. The van der Waals surface area contributed by atoms with Crippen LogP contribution in [0.3, 0.4) is 0 Å². The number of nitrogens with zero attached hydrogens (tertiary/aromatic N) is 1. The third-order valence-electron chi connectivity index (χ3n) is 8.88. The van der Waals surface area contributed by atoms with E-state index in [9.17, 15) is 19.0 Å². The van der Waals surface area contributed by atoms with Crippen molar-refractivity contribution in [3.05, 3.63) is 85.1 Å². The molecule has 0 aromatic carbocycles. The maximum absolute atomic E-state index is 12.7. The zero-order valence-electron chi connectivity index (χ0n) is 37.2. The minimum Gasteiger partial charge on any atom is -0.462 e. The first-order chi connectivity index (χ1) is 28.0. The molecule has 0 aromatic heterocycles. The zero-order chi connectivity index (χ0) is 42.8. The van der Waals surface area contributed by atoms with Gasteiger partial charge in [-0.25, -0.2) is 4.57 Å². The van der Waals surface area contributed by atoms with E-state index in [-0.39, 0.29) is 26.1 Å². The lowest BCUT2D eigenvalue weighted by Crippen LogP contribution is -2.37. The van der Waals surface area contributed by atoms with Crippen molar-refractivity contribution in [1.29, 1.82) is 0 Å². The van der Waals surface area contributed by atoms with Crippen LogP contribution in [0.25, 0.3) is 0 Å². The molecule has 0 amide bonds. The second-order valence-electron chi connectivity index (χ2n) is 15.7. The Morgan fingerprint density at radius 2 is 0.983 bits per heavy atom. The van der Waals surface area contributed by atoms with Gasteiger partial charge in [0.1, 0.15) is 19.8 Å². The van der Waals surface area contributed by atoms with Crippen LogP contribution >= 0.6 is 7.82 Å². The number of phosphoric acid groups is 1. The smallest absolute Gasteiger partial charge is 0.462 e. The Morgan fingerprint density at radius 1 is 0.534 bits per heavy atom. The highest BCUT2D eigenvalue weighted by molar-refractivity contribution is 7.47. The van der Waals surface area contributed by atoms with Crippen LogP contribution in [0.4, 0.5) is 0 Å². The number of likely N-dealkylation sites (N-methyl/N-ethyl adjacent to an activating group) is 1. The van der Waals surface area contributed by atoms with Crippen molar-refractivity contribution in [1.82, 2.24) is 0 Å². The Balaban J connectivity index is 4.52. The van der Waals surface area contributed by atoms with Crippen molar-refractivity contribution in [3.8, 4) is 0 Å². The van der Waals surface area contributed by atoms with Crippen LogP contribution in [0, 0.1) is 0 Å². The molecule has 0 bridgehead atoms. The summed E-state index contributed by atoms with van der Waals surface area (Å²) in [6.07, 6.45) is 50.7. The van der Waals surface area contributed by atoms with Crippen LogP contribution in [-0.2, 0) is 32.7 Å². The van der Waals surface area contributed by atoms with Crippen LogP contribution < -0.4 is 0 Å². The van der Waals surface area contributed by atoms with Crippen molar-refractivity contribution >= 4 is 19.8 Å². The molecule has 0 fully saturated rings. The fraction of sp³-hybridized carbons (Fsp3) is 0.667. The van der Waals surface area contributed by atoms with Gasteiger partial charge >= 0.3 is 19.8 Å². The number of rotatable bonds is 39. The van der Waals surface area contributed by atoms with E-state index in [0.717, 1.165) is 70.6 Å². The minimum atomic E-state index is -4.40. The normalized spacial score (nSPS) is 14.4. The molecule has 0 aliphatic carbocycles. The molecular formula is C48H83NO8P+. The first kappa shape index (κ1) is 55.2. The minimum absolute atomic E-state index is 0.0130. The number of esters is 2. The van der Waals surface area contributed by atoms with Crippen LogP contribution in [0.1, 0.15) is 155 Å².